The van der Waals surface area contributed by atoms with Gasteiger partial charge in [-0.25, -0.2) is 5.11 Å². The van der Waals surface area contributed by atoms with Crippen LogP contribution in [0, 0.1) is 0 Å². The van der Waals surface area contributed by atoms with E-state index in [-0.39, 0.29) is 11.4 Å². The number of unbranched alkanes of at least 4 members (excludes halogenated alkanes) is 7. The molecule has 14 heavy (non-hydrogen) atoms. The van der Waals surface area contributed by atoms with Crippen LogP contribution in [0.4, 0.5) is 0 Å². The summed E-state index contributed by atoms with van der Waals surface area (Å²) >= 11 is 3.37. The van der Waals surface area contributed by atoms with E-state index >= 15 is 0 Å². The molecule has 2 heteroatoms. The average Bonchev–Trinajstić information content (AvgIpc) is 2.21. The molecule has 0 aliphatic heterocycles. The van der Waals surface area contributed by atoms with Crippen molar-refractivity contribution in [3.05, 3.63) is 0 Å². The van der Waals surface area contributed by atoms with Crippen molar-refractivity contribution in [2.24, 2.45) is 0 Å². The van der Waals surface area contributed by atoms with Crippen molar-refractivity contribution in [3.63, 3.8) is 0 Å². The lowest BCUT2D eigenvalue weighted by Crippen LogP contribution is -2.01. The van der Waals surface area contributed by atoms with E-state index in [1.807, 2.05) is 0 Å². The number of hydrogen-bond donors (Lipinski definition) is 0. The van der Waals surface area contributed by atoms with Crippen molar-refractivity contribution in [2.45, 2.75) is 69.5 Å². The van der Waals surface area contributed by atoms with Gasteiger partial charge in [-0.3, -0.25) is 0 Å². The Labute approximate surface area is 97.4 Å². The zero-order valence-corrected chi connectivity index (χ0v) is 11.0. The topological polar surface area (TPSA) is 19.9 Å². The van der Waals surface area contributed by atoms with Gasteiger partial charge in [-0.15, -0.1) is 0 Å². The summed E-state index contributed by atoms with van der Waals surface area (Å²) in [6.45, 7) is 2.27. The van der Waals surface area contributed by atoms with E-state index in [2.05, 4.69) is 22.9 Å². The molecule has 0 heterocycles. The van der Waals surface area contributed by atoms with Crippen molar-refractivity contribution in [1.29, 1.82) is 0 Å². The normalized spacial score (nSPS) is 13.1. The monoisotopic (exact) mass is 263 g/mol. The Hall–Kier alpha value is 0.440. The highest BCUT2D eigenvalue weighted by molar-refractivity contribution is 9.09. The number of halogens is 1. The molecule has 1 radical (unpaired) electrons. The number of hydrogen-bond acceptors (Lipinski definition) is 0. The van der Waals surface area contributed by atoms with E-state index < -0.39 is 0 Å². The second-order valence-corrected chi connectivity index (χ2v) is 5.32. The van der Waals surface area contributed by atoms with E-state index in [1.165, 1.54) is 51.4 Å². The van der Waals surface area contributed by atoms with Gasteiger partial charge in [0.05, 0.1) is 6.61 Å². The molecular formula is C12H24BrO. The quantitative estimate of drug-likeness (QED) is 0.402. The maximum Gasteiger partial charge on any atom is 0.0947 e. The molecule has 85 valence electrons. The largest absolute Gasteiger partial charge is 0.236 e. The third-order valence-electron chi connectivity index (χ3n) is 2.55. The molecule has 0 aliphatic rings. The highest BCUT2D eigenvalue weighted by Crippen LogP contribution is 2.13. The molecule has 0 bridgehead atoms. The molecule has 0 saturated heterocycles. The SMILES string of the molecule is CCCCCCCCCCC(Br)C[O]. The second kappa shape index (κ2) is 11.5. The first-order chi connectivity index (χ1) is 6.81. The Kier molecular flexibility index (Phi) is 11.9. The number of alkyl halides is 1. The summed E-state index contributed by atoms with van der Waals surface area (Å²) in [5.74, 6) is 0. The second-order valence-electron chi connectivity index (χ2n) is 4.03. The van der Waals surface area contributed by atoms with Crippen molar-refractivity contribution in [1.82, 2.24) is 0 Å². The maximum absolute atomic E-state index is 10.4. The predicted octanol–water partition coefficient (Wildman–Crippen LogP) is 4.71. The van der Waals surface area contributed by atoms with Crippen molar-refractivity contribution in [3.8, 4) is 0 Å². The molecule has 0 amide bonds. The minimum atomic E-state index is 0.0243. The molecule has 0 aliphatic carbocycles. The van der Waals surface area contributed by atoms with E-state index in [9.17, 15) is 5.11 Å². The third-order valence-corrected chi connectivity index (χ3v) is 3.27. The molecule has 1 atom stereocenters. The highest BCUT2D eigenvalue weighted by atomic mass is 79.9. The summed E-state index contributed by atoms with van der Waals surface area (Å²) in [6.07, 6.45) is 11.8. The van der Waals surface area contributed by atoms with Crippen molar-refractivity contribution < 1.29 is 5.11 Å². The fraction of sp³-hybridized carbons (Fsp3) is 1.00. The van der Waals surface area contributed by atoms with E-state index in [1.54, 1.807) is 0 Å². The van der Waals surface area contributed by atoms with Crippen LogP contribution in [0.2, 0.25) is 0 Å². The molecule has 0 aromatic carbocycles. The molecule has 0 spiro atoms. The third kappa shape index (κ3) is 10.5. The summed E-state index contributed by atoms with van der Waals surface area (Å²) in [7, 11) is 0. The lowest BCUT2D eigenvalue weighted by atomic mass is 10.1. The van der Waals surface area contributed by atoms with Crippen LogP contribution >= 0.6 is 15.9 Å². The van der Waals surface area contributed by atoms with Crippen LogP contribution in [0.3, 0.4) is 0 Å². The van der Waals surface area contributed by atoms with E-state index in [0.717, 1.165) is 6.42 Å². The Morgan fingerprint density at radius 1 is 0.929 bits per heavy atom. The van der Waals surface area contributed by atoms with E-state index in [0.29, 0.717) is 0 Å². The zero-order chi connectivity index (χ0) is 10.6. The van der Waals surface area contributed by atoms with Gasteiger partial charge in [-0.2, -0.15) is 0 Å². The lowest BCUT2D eigenvalue weighted by molar-refractivity contribution is 0.192. The first-order valence-corrected chi connectivity index (χ1v) is 6.95. The fourth-order valence-corrected chi connectivity index (χ4v) is 1.91. The lowest BCUT2D eigenvalue weighted by Gasteiger charge is -2.04. The fourth-order valence-electron chi connectivity index (χ4n) is 1.58. The first-order valence-electron chi connectivity index (χ1n) is 6.03. The molecule has 0 N–H and O–H groups in total. The first kappa shape index (κ1) is 14.4. The Balaban J connectivity index is 2.92. The predicted molar refractivity (Wildman–Crippen MR) is 65.5 cm³/mol. The van der Waals surface area contributed by atoms with E-state index in [4.69, 9.17) is 0 Å². The molecule has 0 fully saturated rings. The zero-order valence-electron chi connectivity index (χ0n) is 9.43. The average molecular weight is 264 g/mol. The Morgan fingerprint density at radius 3 is 1.93 bits per heavy atom. The molecule has 0 rings (SSSR count). The Bertz CT molecular complexity index is 106. The van der Waals surface area contributed by atoms with Gasteiger partial charge in [0, 0.05) is 4.83 Å². The van der Waals surface area contributed by atoms with Gasteiger partial charge in [0.15, 0.2) is 0 Å². The van der Waals surface area contributed by atoms with Crippen LogP contribution in [0.25, 0.3) is 0 Å². The summed E-state index contributed by atoms with van der Waals surface area (Å²) in [4.78, 5) is 0.211. The van der Waals surface area contributed by atoms with Gasteiger partial charge in [-0.05, 0) is 6.42 Å². The molecule has 1 unspecified atom stereocenters. The van der Waals surface area contributed by atoms with Crippen molar-refractivity contribution in [2.75, 3.05) is 6.61 Å². The van der Waals surface area contributed by atoms with Gasteiger partial charge in [-0.1, -0.05) is 74.2 Å². The van der Waals surface area contributed by atoms with Crippen LogP contribution in [0.5, 0.6) is 0 Å². The van der Waals surface area contributed by atoms with Crippen LogP contribution in [0.1, 0.15) is 64.7 Å². The highest BCUT2D eigenvalue weighted by Gasteiger charge is 2.01. The van der Waals surface area contributed by atoms with Gasteiger partial charge < -0.3 is 0 Å². The summed E-state index contributed by atoms with van der Waals surface area (Å²) < 4.78 is 0. The molecule has 1 nitrogen and oxygen atoms in total. The summed E-state index contributed by atoms with van der Waals surface area (Å²) in [5, 5.41) is 10.4. The van der Waals surface area contributed by atoms with Crippen LogP contribution < -0.4 is 0 Å². The van der Waals surface area contributed by atoms with Gasteiger partial charge >= 0.3 is 0 Å². The van der Waals surface area contributed by atoms with Gasteiger partial charge in [0.2, 0.25) is 0 Å². The van der Waals surface area contributed by atoms with Crippen LogP contribution in [-0.2, 0) is 5.11 Å². The van der Waals surface area contributed by atoms with Gasteiger partial charge in [0.1, 0.15) is 0 Å². The minimum Gasteiger partial charge on any atom is -0.236 e. The van der Waals surface area contributed by atoms with Crippen LogP contribution in [0.15, 0.2) is 0 Å². The van der Waals surface area contributed by atoms with Crippen LogP contribution in [-0.4, -0.2) is 11.4 Å². The molecule has 0 saturated carbocycles. The van der Waals surface area contributed by atoms with Gasteiger partial charge in [0.25, 0.3) is 0 Å². The maximum atomic E-state index is 10.4. The molecule has 0 aromatic rings. The Morgan fingerprint density at radius 2 is 1.43 bits per heavy atom. The smallest absolute Gasteiger partial charge is 0.0947 e. The summed E-state index contributed by atoms with van der Waals surface area (Å²) in [6, 6.07) is 0. The van der Waals surface area contributed by atoms with Crippen molar-refractivity contribution >= 4 is 15.9 Å². The summed E-state index contributed by atoms with van der Waals surface area (Å²) in [5.41, 5.74) is 0. The molecule has 0 aromatic heterocycles. The minimum absolute atomic E-state index is 0.0243. The molecular weight excluding hydrogens is 240 g/mol. The standard InChI is InChI=1S/C12H24BrO/c1-2-3-4-5-6-7-8-9-10-12(13)11-14/h12H,2-11H2,1H3. The number of rotatable bonds is 10.